The van der Waals surface area contributed by atoms with Crippen LogP contribution in [0.2, 0.25) is 0 Å². The molecule has 2 saturated carbocycles. The van der Waals surface area contributed by atoms with Crippen molar-refractivity contribution in [1.29, 1.82) is 0 Å². The molecule has 4 nitrogen and oxygen atoms in total. The first-order chi connectivity index (χ1) is 11.8. The number of carbonyl (C=O) groups is 1. The number of aliphatic hydroxyl groups excluding tert-OH is 1. The van der Waals surface area contributed by atoms with Crippen LogP contribution in [0.5, 0.6) is 0 Å². The van der Waals surface area contributed by atoms with Gasteiger partial charge in [0, 0.05) is 12.6 Å². The summed E-state index contributed by atoms with van der Waals surface area (Å²) in [5.74, 6) is 1.38. The van der Waals surface area contributed by atoms with Gasteiger partial charge in [-0.25, -0.2) is 4.79 Å². The lowest BCUT2D eigenvalue weighted by molar-refractivity contribution is 0.139. The first-order valence-corrected chi connectivity index (χ1v) is 9.53. The molecule has 0 spiro atoms. The van der Waals surface area contributed by atoms with E-state index >= 15 is 0 Å². The van der Waals surface area contributed by atoms with Gasteiger partial charge in [-0.3, -0.25) is 0 Å². The molecule has 2 N–H and O–H groups in total. The number of benzene rings is 1. The number of carbonyl (C=O) groups excluding carboxylic acids is 1. The van der Waals surface area contributed by atoms with Gasteiger partial charge in [-0.05, 0) is 67.9 Å². The summed E-state index contributed by atoms with van der Waals surface area (Å²) in [4.78, 5) is 14.9. The Morgan fingerprint density at radius 1 is 1.17 bits per heavy atom. The minimum Gasteiger partial charge on any atom is -0.395 e. The van der Waals surface area contributed by atoms with E-state index < -0.39 is 0 Å². The number of nitrogens with one attached hydrogen (secondary N) is 1. The van der Waals surface area contributed by atoms with Crippen LogP contribution in [0.15, 0.2) is 24.3 Å². The highest BCUT2D eigenvalue weighted by Gasteiger charge is 2.43. The summed E-state index contributed by atoms with van der Waals surface area (Å²) < 4.78 is 0. The van der Waals surface area contributed by atoms with Crippen LogP contribution in [0.25, 0.3) is 0 Å². The normalized spacial score (nSPS) is 23.0. The van der Waals surface area contributed by atoms with Crippen molar-refractivity contribution in [1.82, 2.24) is 10.2 Å². The quantitative estimate of drug-likeness (QED) is 0.842. The molecule has 1 aromatic carbocycles. The zero-order chi connectivity index (χ0) is 16.5. The first kappa shape index (κ1) is 15.9. The second-order valence-electron chi connectivity index (χ2n) is 7.67. The lowest BCUT2D eigenvalue weighted by atomic mass is 9.87. The molecule has 24 heavy (non-hydrogen) atoms. The van der Waals surface area contributed by atoms with E-state index in [4.69, 9.17) is 0 Å². The van der Waals surface area contributed by atoms with E-state index in [1.54, 1.807) is 0 Å². The van der Waals surface area contributed by atoms with Gasteiger partial charge in [0.25, 0.3) is 0 Å². The third-order valence-corrected chi connectivity index (χ3v) is 5.87. The van der Waals surface area contributed by atoms with Crippen LogP contribution in [0.3, 0.4) is 0 Å². The average Bonchev–Trinajstić information content (AvgIpc) is 3.49. The summed E-state index contributed by atoms with van der Waals surface area (Å²) in [6.45, 7) is 0.427. The van der Waals surface area contributed by atoms with Gasteiger partial charge in [-0.15, -0.1) is 0 Å². The third kappa shape index (κ3) is 3.30. The molecule has 0 bridgehead atoms. The van der Waals surface area contributed by atoms with Gasteiger partial charge in [0.05, 0.1) is 12.6 Å². The molecule has 2 amide bonds. The first-order valence-electron chi connectivity index (χ1n) is 9.53. The summed E-state index contributed by atoms with van der Waals surface area (Å²) in [5, 5.41) is 12.8. The molecule has 0 saturated heterocycles. The number of rotatable bonds is 6. The Labute approximate surface area is 144 Å². The van der Waals surface area contributed by atoms with Crippen molar-refractivity contribution < 1.29 is 9.90 Å². The van der Waals surface area contributed by atoms with E-state index in [1.807, 2.05) is 4.90 Å². The van der Waals surface area contributed by atoms with E-state index in [2.05, 4.69) is 29.6 Å². The largest absolute Gasteiger partial charge is 0.395 e. The topological polar surface area (TPSA) is 52.6 Å². The number of amides is 2. The minimum atomic E-state index is 0.0175. The maximum Gasteiger partial charge on any atom is 0.318 e. The maximum atomic E-state index is 13.0. The van der Waals surface area contributed by atoms with Crippen LogP contribution >= 0.6 is 0 Å². The molecule has 3 aliphatic rings. The third-order valence-electron chi connectivity index (χ3n) is 5.87. The molecule has 130 valence electrons. The fourth-order valence-electron chi connectivity index (χ4n) is 4.32. The van der Waals surface area contributed by atoms with Gasteiger partial charge in [0.2, 0.25) is 0 Å². The molecule has 2 fully saturated rings. The number of nitrogens with zero attached hydrogens (tertiary/aromatic N) is 1. The van der Waals surface area contributed by atoms with Crippen LogP contribution in [0, 0.1) is 11.8 Å². The fourth-order valence-corrected chi connectivity index (χ4v) is 4.32. The smallest absolute Gasteiger partial charge is 0.318 e. The van der Waals surface area contributed by atoms with Crippen LogP contribution in [0.1, 0.15) is 55.7 Å². The van der Waals surface area contributed by atoms with Gasteiger partial charge < -0.3 is 15.3 Å². The average molecular weight is 328 g/mol. The molecule has 0 aliphatic heterocycles. The van der Waals surface area contributed by atoms with Crippen molar-refractivity contribution in [2.24, 2.45) is 11.8 Å². The molecule has 4 heteroatoms. The number of urea groups is 1. The molecule has 0 radical (unpaired) electrons. The van der Waals surface area contributed by atoms with Crippen molar-refractivity contribution in [2.45, 2.75) is 57.0 Å². The number of fused-ring (bicyclic) bond motifs is 1. The van der Waals surface area contributed by atoms with Crippen LogP contribution in [-0.2, 0) is 6.42 Å². The predicted molar refractivity (Wildman–Crippen MR) is 93.7 cm³/mol. The van der Waals surface area contributed by atoms with E-state index in [9.17, 15) is 9.90 Å². The lowest BCUT2D eigenvalue weighted by Crippen LogP contribution is -2.49. The Balaban J connectivity index is 1.52. The molecule has 1 atom stereocenters. The summed E-state index contributed by atoms with van der Waals surface area (Å²) >= 11 is 0. The Kier molecular flexibility index (Phi) is 4.49. The number of aryl methyl sites for hydroxylation is 1. The van der Waals surface area contributed by atoms with Crippen LogP contribution < -0.4 is 5.32 Å². The van der Waals surface area contributed by atoms with E-state index in [0.717, 1.165) is 19.3 Å². The summed E-state index contributed by atoms with van der Waals surface area (Å²) in [5.41, 5.74) is 2.62. The zero-order valence-corrected chi connectivity index (χ0v) is 14.3. The molecule has 1 unspecified atom stereocenters. The number of hydrogen-bond donors (Lipinski definition) is 2. The van der Waals surface area contributed by atoms with Crippen molar-refractivity contribution in [3.8, 4) is 0 Å². The summed E-state index contributed by atoms with van der Waals surface area (Å²) in [6, 6.07) is 8.94. The van der Waals surface area contributed by atoms with Crippen molar-refractivity contribution in [2.75, 3.05) is 13.2 Å². The van der Waals surface area contributed by atoms with Gasteiger partial charge in [-0.2, -0.15) is 0 Å². The van der Waals surface area contributed by atoms with Crippen molar-refractivity contribution >= 4 is 6.03 Å². The molecular formula is C20H28N2O2. The molecular weight excluding hydrogens is 300 g/mol. The molecule has 0 heterocycles. The van der Waals surface area contributed by atoms with Gasteiger partial charge >= 0.3 is 6.03 Å². The molecule has 1 aromatic rings. The molecule has 0 aromatic heterocycles. The highest BCUT2D eigenvalue weighted by molar-refractivity contribution is 5.75. The van der Waals surface area contributed by atoms with Crippen molar-refractivity contribution in [3.05, 3.63) is 35.4 Å². The Hall–Kier alpha value is -1.55. The number of aliphatic hydroxyl groups is 1. The zero-order valence-electron chi connectivity index (χ0n) is 14.3. The highest BCUT2D eigenvalue weighted by atomic mass is 16.3. The van der Waals surface area contributed by atoms with E-state index in [0.29, 0.717) is 24.4 Å². The Morgan fingerprint density at radius 2 is 1.88 bits per heavy atom. The SMILES string of the molecule is O=C(NC(C1CC1)C1CC1)N(CCO)C1CCCc2ccccc21. The molecule has 3 aliphatic carbocycles. The van der Waals surface area contributed by atoms with E-state index in [1.165, 1.54) is 36.8 Å². The number of hydrogen-bond acceptors (Lipinski definition) is 2. The predicted octanol–water partition coefficient (Wildman–Crippen LogP) is 3.26. The molecule has 4 rings (SSSR count). The minimum absolute atomic E-state index is 0.0175. The van der Waals surface area contributed by atoms with Gasteiger partial charge in [-0.1, -0.05) is 24.3 Å². The highest BCUT2D eigenvalue weighted by Crippen LogP contribution is 2.44. The fraction of sp³-hybridized carbons (Fsp3) is 0.650. The van der Waals surface area contributed by atoms with Crippen molar-refractivity contribution in [3.63, 3.8) is 0 Å². The monoisotopic (exact) mass is 328 g/mol. The van der Waals surface area contributed by atoms with Gasteiger partial charge in [0.15, 0.2) is 0 Å². The standard InChI is InChI=1S/C20H28N2O2/c23-13-12-22(18-7-3-5-14-4-1-2-6-17(14)18)20(24)21-19(15-8-9-15)16-10-11-16/h1-2,4,6,15-16,18-19,23H,3,5,7-13H2,(H,21,24). The van der Waals surface area contributed by atoms with E-state index in [-0.39, 0.29) is 18.7 Å². The summed E-state index contributed by atoms with van der Waals surface area (Å²) in [6.07, 6.45) is 8.21. The van der Waals surface area contributed by atoms with Gasteiger partial charge in [0.1, 0.15) is 0 Å². The lowest BCUT2D eigenvalue weighted by Gasteiger charge is -2.36. The van der Waals surface area contributed by atoms with Crippen LogP contribution in [-0.4, -0.2) is 35.2 Å². The van der Waals surface area contributed by atoms with Crippen LogP contribution in [0.4, 0.5) is 4.79 Å². The Morgan fingerprint density at radius 3 is 2.54 bits per heavy atom. The summed E-state index contributed by atoms with van der Waals surface area (Å²) in [7, 11) is 0. The Bertz CT molecular complexity index is 583. The maximum absolute atomic E-state index is 13.0. The second-order valence-corrected chi connectivity index (χ2v) is 7.67. The second kappa shape index (κ2) is 6.75.